The highest BCUT2D eigenvalue weighted by atomic mass is 127. The summed E-state index contributed by atoms with van der Waals surface area (Å²) in [7, 11) is 5.53. The number of H-pyrrole nitrogens is 1. The minimum atomic E-state index is -4.64. The molecular weight excluding hydrogens is 2640 g/mol. The number of hydrogen-bond donors (Lipinski definition) is 5. The van der Waals surface area contributed by atoms with Gasteiger partial charge < -0.3 is 67.6 Å². The number of phenolic OH excluding ortho intramolecular Hbond substituents is 1. The molecule has 5 N–H and O–H groups in total. The second-order valence-corrected chi connectivity index (χ2v) is 43.8. The third-order valence-electron chi connectivity index (χ3n) is 21.1. The molecule has 1 amide bonds. The molecule has 0 saturated heterocycles. The molecule has 6 aromatic carbocycles. The molecule has 0 aliphatic heterocycles. The molecule has 0 unspecified atom stereocenters. The van der Waals surface area contributed by atoms with Crippen molar-refractivity contribution < 1.29 is 98.9 Å². The van der Waals surface area contributed by atoms with Crippen molar-refractivity contribution in [1.82, 2.24) is 28.6 Å². The number of methoxy groups -OCH3 is 2. The van der Waals surface area contributed by atoms with Gasteiger partial charge in [-0.1, -0.05) is 87.4 Å². The van der Waals surface area contributed by atoms with Crippen molar-refractivity contribution in [2.45, 2.75) is 177 Å². The molecule has 41 heteroatoms. The van der Waals surface area contributed by atoms with Crippen LogP contribution in [0.2, 0.25) is 0 Å². The number of aldehydes is 1. The smallest absolute Gasteiger partial charge is 0.446 e. The maximum absolute atomic E-state index is 14.3. The van der Waals surface area contributed by atoms with Gasteiger partial charge in [-0.25, -0.2) is 13.2 Å². The zero-order valence-electron chi connectivity index (χ0n) is 84.2. The monoisotopic (exact) mass is 2750 g/mol. The number of Topliss-reactive ketones (excluding diaryl/α,β-unsaturated/α-hetero) is 5. The summed E-state index contributed by atoms with van der Waals surface area (Å²) < 4.78 is 113. The van der Waals surface area contributed by atoms with Gasteiger partial charge in [0.2, 0.25) is 28.5 Å². The van der Waals surface area contributed by atoms with Crippen molar-refractivity contribution >= 4 is 234 Å². The maximum atomic E-state index is 14.3. The van der Waals surface area contributed by atoms with Gasteiger partial charge in [0.15, 0.2) is 74.3 Å². The van der Waals surface area contributed by atoms with Crippen LogP contribution in [0.15, 0.2) is 211 Å². The van der Waals surface area contributed by atoms with E-state index in [1.54, 1.807) is 118 Å². The molecule has 26 nitrogen and oxygen atoms in total. The number of hydrogen-bond acceptors (Lipinski definition) is 23. The number of nitrogens with zero attached hydrogens (tertiary/aromatic N) is 4. The van der Waals surface area contributed by atoms with E-state index >= 15 is 0 Å². The van der Waals surface area contributed by atoms with Crippen LogP contribution in [-0.2, 0) is 9.59 Å². The average molecular weight is 2760 g/mol. The Hall–Kier alpha value is -10.1. The largest absolute Gasteiger partial charge is 0.504 e. The normalized spacial score (nSPS) is 10.7. The lowest BCUT2D eigenvalue weighted by Crippen LogP contribution is -2.21. The van der Waals surface area contributed by atoms with Gasteiger partial charge in [0.25, 0.3) is 0 Å². The van der Waals surface area contributed by atoms with E-state index in [4.69, 9.17) is 38.7 Å². The summed E-state index contributed by atoms with van der Waals surface area (Å²) in [4.78, 5) is 149. The summed E-state index contributed by atoms with van der Waals surface area (Å²) in [5, 5.41) is 35.9. The van der Waals surface area contributed by atoms with Crippen LogP contribution in [0.3, 0.4) is 0 Å². The molecule has 0 fully saturated rings. The van der Waals surface area contributed by atoms with Crippen molar-refractivity contribution in [2.75, 3.05) is 54.8 Å². The highest BCUT2D eigenvalue weighted by Crippen LogP contribution is 2.40. The Kier molecular flexibility index (Phi) is 55.7. The Bertz CT molecular complexity index is 7250. The first-order valence-electron chi connectivity index (χ1n) is 46.3. The van der Waals surface area contributed by atoms with Gasteiger partial charge in [0.05, 0.1) is 77.1 Å². The van der Waals surface area contributed by atoms with E-state index in [2.05, 4.69) is 136 Å². The number of ether oxygens (including phenoxy) is 5. The first kappa shape index (κ1) is 130. The maximum Gasteiger partial charge on any atom is 0.446 e. The standard InChI is InChI=1S/C29H28FNO6S.C29H28FNO5S.C16H13FINOS.C15H21NO4.C8H9I2NO.C5H3I2NO.C3H7Br.C2HF3O.CH4O.CH4/c1-17(2)31-14-20(22-16-38-29-19(22)5-4-6-23(29)30)28(35)21(15-31)25(34)9-8-24(33)18-7-10-26(37-12-11-32)27(13-18)36-3;1-4-12-36-27-11-8-18(13-26(27)34)24(32)9-10-25(33)21-15-31(17(2)3)14-20(28(21)35)22-16-37-29-19(22)6-5-7-23(29)30;1-9(2)19-6-11(15(20)14(18)7-19)12-8-21-16-10(12)4-3-5-13(16)17;1-4-9-20-13-7-5-11(10-14(13)19-3)12(17)6-8-15(18)16-2;1-5(2)11-3-6(9)8(12)7(10)4-11;6-3-1-8-2-4(7)5(3)9;1-3(2)4;3-2(4,5)1-6;1-2;/h4-7,10,13-17,32H,8-9,11-12H2,1-3H3;5-8,11,13-17,34H,4,9-10,12H2,1-3H3;3-9H,1-2H3;5,7,10H,4,6,8-9H2,1-3H3,(H,16,18);3-5H,1-2H3;1-2H,(H,8,9);3H,1-2H3;1H;2H,1H3;1H4. The van der Waals surface area contributed by atoms with E-state index in [9.17, 15) is 84.2 Å². The van der Waals surface area contributed by atoms with Crippen LogP contribution in [0, 0.1) is 35.3 Å². The number of carbonyl (C=O) groups excluding carboxylic acids is 7. The number of halogens is 12. The van der Waals surface area contributed by atoms with E-state index in [0.29, 0.717) is 120 Å². The number of aliphatic hydroxyl groups excluding tert-OH is 2. The van der Waals surface area contributed by atoms with Gasteiger partial charge >= 0.3 is 6.18 Å². The number of thiophene rings is 3. The molecule has 0 aliphatic rings. The lowest BCUT2D eigenvalue weighted by atomic mass is 9.98. The number of rotatable bonds is 32. The number of alkyl halides is 4. The number of phenols is 1. The first-order valence-corrected chi connectivity index (χ1v) is 55.2. The molecular formula is C109H118BrF6I5N6O20S3. The first-order chi connectivity index (χ1) is 70.6. The predicted molar refractivity (Wildman–Crippen MR) is 630 cm³/mol. The second-order valence-electron chi connectivity index (χ2n) is 33.5. The molecule has 150 heavy (non-hydrogen) atoms. The van der Waals surface area contributed by atoms with Gasteiger partial charge in [0.1, 0.15) is 24.1 Å². The molecule has 0 saturated carbocycles. The van der Waals surface area contributed by atoms with Crippen molar-refractivity contribution in [2.24, 2.45) is 0 Å². The second kappa shape index (κ2) is 64.1. The molecule has 806 valence electrons. The zero-order chi connectivity index (χ0) is 111. The summed E-state index contributed by atoms with van der Waals surface area (Å²) in [5.74, 6) is -0.675. The number of aromatic nitrogens is 5. The van der Waals surface area contributed by atoms with E-state index in [-0.39, 0.29) is 157 Å². The van der Waals surface area contributed by atoms with E-state index in [1.165, 1.54) is 97.0 Å². The summed E-state index contributed by atoms with van der Waals surface area (Å²) in [6, 6.07) is 29.2. The SMILES string of the molecule is C.CC(C)Br.CC(C)n1cc(I)c(=O)c(-c2csc3c(F)cccc23)c1.CC(C)n1cc(I)c(=O)c(I)c1.CCCOc1ccc(C(=O)CCC(=O)NC)cc1OC.CCCOc1ccc(C(=O)CCC(=O)c2cn(C(C)C)cc(-c3csc4c(F)cccc34)c2=O)cc1O.CO.COc1cc(C(=O)CCC(=O)c2cn(C(C)C)cc(-c3csc4c(F)cccc34)c2=O)ccc1OCCO.O=CC(F)(F)F.O=c1c(I)c[nH]cc1I. The van der Waals surface area contributed by atoms with Crippen LogP contribution in [0.1, 0.15) is 218 Å². The van der Waals surface area contributed by atoms with E-state index < -0.39 is 34.9 Å². The van der Waals surface area contributed by atoms with Gasteiger partial charge in [-0.05, 0) is 254 Å². The highest BCUT2D eigenvalue weighted by molar-refractivity contribution is 14.1. The zero-order valence-corrected chi connectivity index (χ0v) is 99.0. The Morgan fingerprint density at radius 1 is 0.433 bits per heavy atom. The molecule has 8 aromatic heterocycles. The summed E-state index contributed by atoms with van der Waals surface area (Å²) in [6.07, 6.45) is 13.1. The van der Waals surface area contributed by atoms with Gasteiger partial charge in [0, 0.05) is 226 Å². The minimum Gasteiger partial charge on any atom is -0.504 e. The summed E-state index contributed by atoms with van der Waals surface area (Å²) >= 11 is 17.2. The van der Waals surface area contributed by atoms with Crippen LogP contribution in [0.25, 0.3) is 63.6 Å². The number of benzene rings is 6. The van der Waals surface area contributed by atoms with Crippen molar-refractivity contribution in [3.05, 3.63) is 302 Å². The lowest BCUT2D eigenvalue weighted by Gasteiger charge is -2.15. The van der Waals surface area contributed by atoms with Crippen LogP contribution in [-0.4, -0.2) is 145 Å². The van der Waals surface area contributed by atoms with Gasteiger partial charge in [-0.15, -0.1) is 34.0 Å². The van der Waals surface area contributed by atoms with E-state index in [1.807, 2.05) is 132 Å². The topological polar surface area (TPSA) is 359 Å². The fourth-order valence-electron chi connectivity index (χ4n) is 13.4. The lowest BCUT2D eigenvalue weighted by molar-refractivity contribution is -0.156. The number of fused-ring (bicyclic) bond motifs is 3. The molecule has 0 aliphatic carbocycles. The third kappa shape index (κ3) is 38.2. The Balaban J connectivity index is 0.000000325. The Morgan fingerprint density at radius 2 is 0.733 bits per heavy atom. The highest BCUT2D eigenvalue weighted by Gasteiger charge is 2.28. The summed E-state index contributed by atoms with van der Waals surface area (Å²) in [6.45, 7) is 25.1. The number of ketones is 5. The fourth-order valence-corrected chi connectivity index (χ4v) is 20.1. The average Bonchev–Trinajstić information content (AvgIpc) is 1.60. The van der Waals surface area contributed by atoms with Crippen LogP contribution >= 0.6 is 163 Å². The molecule has 0 bridgehead atoms. The number of nitrogens with one attached hydrogen (secondary N) is 2. The quantitative estimate of drug-likeness (QED) is 0.00859. The van der Waals surface area contributed by atoms with Crippen LogP contribution in [0.4, 0.5) is 26.3 Å². The molecule has 0 radical (unpaired) electrons. The van der Waals surface area contributed by atoms with E-state index in [0.717, 1.165) is 45.2 Å². The van der Waals surface area contributed by atoms with Crippen molar-refractivity contribution in [1.29, 1.82) is 0 Å². The molecule has 0 atom stereocenters. The number of aromatic hydroxyl groups is 1. The number of pyridine rings is 5. The number of amides is 1. The van der Waals surface area contributed by atoms with Gasteiger partial charge in [-0.2, -0.15) is 13.2 Å². The molecule has 8 heterocycles. The third-order valence-corrected chi connectivity index (χ3v) is 28.0. The number of aromatic amines is 1. The molecule has 0 spiro atoms. The van der Waals surface area contributed by atoms with Crippen LogP contribution in [0.5, 0.6) is 34.5 Å². The Morgan fingerprint density at radius 3 is 1.05 bits per heavy atom. The fraction of sp³-hybridized carbons (Fsp3) is 0.321. The van der Waals surface area contributed by atoms with Crippen LogP contribution < -0.4 is 56.1 Å². The van der Waals surface area contributed by atoms with Crippen molar-refractivity contribution in [3.63, 3.8) is 0 Å². The predicted octanol–water partition coefficient (Wildman–Crippen LogP) is 26.7. The Labute approximate surface area is 953 Å². The minimum absolute atomic E-state index is 0. The molecule has 14 aromatic rings. The number of carbonyl (C=O) groups is 7. The summed E-state index contributed by atoms with van der Waals surface area (Å²) in [5.41, 5.74) is 3.66. The number of aliphatic hydroxyl groups is 2. The van der Waals surface area contributed by atoms with Crippen molar-refractivity contribution in [3.8, 4) is 67.9 Å². The molecule has 14 rings (SSSR count). The van der Waals surface area contributed by atoms with Gasteiger partial charge in [-0.3, -0.25) is 57.5 Å².